The van der Waals surface area contributed by atoms with Gasteiger partial charge >= 0.3 is 0 Å². The van der Waals surface area contributed by atoms with E-state index in [4.69, 9.17) is 16.6 Å². The number of para-hydroxylation sites is 2. The summed E-state index contributed by atoms with van der Waals surface area (Å²) >= 11 is 6.22. The summed E-state index contributed by atoms with van der Waals surface area (Å²) in [6.45, 7) is 3.61. The fraction of sp³-hybridized carbons (Fsp3) is 0.240. The van der Waals surface area contributed by atoms with Crippen LogP contribution in [-0.2, 0) is 0 Å². The standard InChI is InChI=1S/C25H26ClN7O/c1-31(2)23-15-21(29-24-19(16-28-33(23)24)17-6-5-7-18(26)14-17)25(34)30-20-8-3-4-9-22(20)32-12-10-27-11-13-32/h3-9,14-16,27H,10-13H2,1-2H3,(H,30,34). The number of hydrogen-bond donors (Lipinski definition) is 2. The summed E-state index contributed by atoms with van der Waals surface area (Å²) in [4.78, 5) is 22.3. The van der Waals surface area contributed by atoms with Gasteiger partial charge in [-0.25, -0.2) is 4.98 Å². The first-order chi connectivity index (χ1) is 16.5. The first kappa shape index (κ1) is 22.2. The molecule has 34 heavy (non-hydrogen) atoms. The Labute approximate surface area is 203 Å². The van der Waals surface area contributed by atoms with Gasteiger partial charge in [-0.2, -0.15) is 9.61 Å². The van der Waals surface area contributed by atoms with Crippen molar-refractivity contribution in [3.8, 4) is 11.1 Å². The third-order valence-electron chi connectivity index (χ3n) is 5.89. The Balaban J connectivity index is 1.54. The van der Waals surface area contributed by atoms with Crippen LogP contribution in [0.2, 0.25) is 5.02 Å². The monoisotopic (exact) mass is 475 g/mol. The van der Waals surface area contributed by atoms with Gasteiger partial charge in [-0.05, 0) is 29.8 Å². The number of fused-ring (bicyclic) bond motifs is 1. The van der Waals surface area contributed by atoms with E-state index in [0.29, 0.717) is 16.4 Å². The quantitative estimate of drug-likeness (QED) is 0.457. The van der Waals surface area contributed by atoms with Crippen LogP contribution in [0.3, 0.4) is 0 Å². The predicted molar refractivity (Wildman–Crippen MR) is 137 cm³/mol. The minimum absolute atomic E-state index is 0.272. The molecule has 1 aliphatic heterocycles. The molecular weight excluding hydrogens is 450 g/mol. The zero-order valence-electron chi connectivity index (χ0n) is 19.1. The van der Waals surface area contributed by atoms with Crippen molar-refractivity contribution in [1.82, 2.24) is 19.9 Å². The Morgan fingerprint density at radius 1 is 1.09 bits per heavy atom. The lowest BCUT2D eigenvalue weighted by atomic mass is 10.1. The van der Waals surface area contributed by atoms with Gasteiger partial charge in [0.05, 0.1) is 17.6 Å². The van der Waals surface area contributed by atoms with Crippen molar-refractivity contribution in [2.24, 2.45) is 0 Å². The van der Waals surface area contributed by atoms with E-state index in [9.17, 15) is 4.79 Å². The van der Waals surface area contributed by atoms with Crippen LogP contribution in [0.15, 0.2) is 60.8 Å². The summed E-state index contributed by atoms with van der Waals surface area (Å²) in [5.41, 5.74) is 4.38. The van der Waals surface area contributed by atoms with Crippen LogP contribution in [0.1, 0.15) is 10.5 Å². The largest absolute Gasteiger partial charge is 0.367 e. The number of carbonyl (C=O) groups excluding carboxylic acids is 1. The van der Waals surface area contributed by atoms with Gasteiger partial charge in [-0.15, -0.1) is 0 Å². The Bertz CT molecular complexity index is 1340. The lowest BCUT2D eigenvalue weighted by Crippen LogP contribution is -2.43. The summed E-state index contributed by atoms with van der Waals surface area (Å²) in [5, 5.41) is 11.6. The van der Waals surface area contributed by atoms with E-state index in [1.54, 1.807) is 16.8 Å². The van der Waals surface area contributed by atoms with Gasteiger partial charge in [-0.1, -0.05) is 35.9 Å². The molecule has 5 rings (SSSR count). The number of rotatable bonds is 5. The zero-order valence-corrected chi connectivity index (χ0v) is 19.9. The van der Waals surface area contributed by atoms with E-state index in [0.717, 1.165) is 54.5 Å². The molecule has 1 saturated heterocycles. The number of hydrogen-bond acceptors (Lipinski definition) is 6. The fourth-order valence-electron chi connectivity index (χ4n) is 4.19. The molecule has 0 bridgehead atoms. The van der Waals surface area contributed by atoms with Crippen molar-refractivity contribution in [1.29, 1.82) is 0 Å². The summed E-state index contributed by atoms with van der Waals surface area (Å²) in [5.74, 6) is 0.477. The molecule has 2 aromatic heterocycles. The number of piperazine rings is 1. The second-order valence-electron chi connectivity index (χ2n) is 8.41. The van der Waals surface area contributed by atoms with Gasteiger partial charge in [0.1, 0.15) is 11.5 Å². The Hall–Kier alpha value is -3.62. The highest BCUT2D eigenvalue weighted by molar-refractivity contribution is 6.30. The summed E-state index contributed by atoms with van der Waals surface area (Å²) in [6, 6.07) is 17.2. The van der Waals surface area contributed by atoms with E-state index in [1.807, 2.05) is 67.5 Å². The second kappa shape index (κ2) is 9.32. The number of benzene rings is 2. The van der Waals surface area contributed by atoms with Crippen molar-refractivity contribution in [2.45, 2.75) is 0 Å². The molecule has 3 heterocycles. The highest BCUT2D eigenvalue weighted by Crippen LogP contribution is 2.30. The maximum Gasteiger partial charge on any atom is 0.274 e. The van der Waals surface area contributed by atoms with Gasteiger partial charge in [0.25, 0.3) is 5.91 Å². The topological polar surface area (TPSA) is 77.8 Å². The van der Waals surface area contributed by atoms with Crippen LogP contribution >= 0.6 is 11.6 Å². The molecule has 2 N–H and O–H groups in total. The van der Waals surface area contributed by atoms with E-state index in [2.05, 4.69) is 20.6 Å². The molecule has 9 heteroatoms. The van der Waals surface area contributed by atoms with Crippen molar-refractivity contribution in [3.05, 3.63) is 71.5 Å². The molecule has 0 spiro atoms. The number of anilines is 3. The van der Waals surface area contributed by atoms with Gasteiger partial charge in [-0.3, -0.25) is 4.79 Å². The minimum Gasteiger partial charge on any atom is -0.367 e. The molecule has 0 aliphatic carbocycles. The van der Waals surface area contributed by atoms with E-state index in [1.165, 1.54) is 0 Å². The van der Waals surface area contributed by atoms with Crippen LogP contribution in [-0.4, -0.2) is 60.8 Å². The Morgan fingerprint density at radius 2 is 1.88 bits per heavy atom. The maximum atomic E-state index is 13.4. The van der Waals surface area contributed by atoms with Crippen molar-refractivity contribution in [3.63, 3.8) is 0 Å². The normalized spacial score (nSPS) is 13.8. The highest BCUT2D eigenvalue weighted by Gasteiger charge is 2.20. The number of amides is 1. The van der Waals surface area contributed by atoms with Gasteiger partial charge in [0.15, 0.2) is 5.65 Å². The third kappa shape index (κ3) is 4.30. The third-order valence-corrected chi connectivity index (χ3v) is 6.12. The Kier molecular flexibility index (Phi) is 6.08. The molecule has 4 aromatic rings. The zero-order chi connectivity index (χ0) is 23.7. The van der Waals surface area contributed by atoms with Crippen molar-refractivity contribution in [2.75, 3.05) is 55.4 Å². The maximum absolute atomic E-state index is 13.4. The summed E-state index contributed by atoms with van der Waals surface area (Å²) in [7, 11) is 3.83. The molecule has 0 saturated carbocycles. The van der Waals surface area contributed by atoms with Crippen molar-refractivity contribution < 1.29 is 4.79 Å². The predicted octanol–water partition coefficient (Wildman–Crippen LogP) is 3.78. The highest BCUT2D eigenvalue weighted by atomic mass is 35.5. The van der Waals surface area contributed by atoms with Crippen LogP contribution < -0.4 is 20.4 Å². The average molecular weight is 476 g/mol. The summed E-state index contributed by atoms with van der Waals surface area (Å²) in [6.07, 6.45) is 1.75. The molecule has 2 aromatic carbocycles. The molecule has 8 nitrogen and oxygen atoms in total. The average Bonchev–Trinajstić information content (AvgIpc) is 3.28. The Morgan fingerprint density at radius 3 is 2.65 bits per heavy atom. The second-order valence-corrected chi connectivity index (χ2v) is 8.84. The molecule has 0 atom stereocenters. The number of aromatic nitrogens is 3. The molecule has 174 valence electrons. The lowest BCUT2D eigenvalue weighted by Gasteiger charge is -2.31. The smallest absolute Gasteiger partial charge is 0.274 e. The lowest BCUT2D eigenvalue weighted by molar-refractivity contribution is 0.102. The van der Waals surface area contributed by atoms with Crippen LogP contribution in [0.4, 0.5) is 17.2 Å². The molecular formula is C25H26ClN7O. The number of halogens is 1. The molecule has 0 unspecified atom stereocenters. The van der Waals surface area contributed by atoms with Gasteiger partial charge in [0, 0.05) is 56.9 Å². The van der Waals surface area contributed by atoms with Crippen molar-refractivity contribution >= 4 is 40.3 Å². The van der Waals surface area contributed by atoms with E-state index in [-0.39, 0.29) is 5.91 Å². The SMILES string of the molecule is CN(C)c1cc(C(=O)Nc2ccccc2N2CCNCC2)nc2c(-c3cccc(Cl)c3)cnn12. The first-order valence-corrected chi connectivity index (χ1v) is 11.6. The first-order valence-electron chi connectivity index (χ1n) is 11.2. The van der Waals surface area contributed by atoms with E-state index < -0.39 is 0 Å². The molecule has 1 aliphatic rings. The molecule has 1 amide bonds. The number of nitrogens with zero attached hydrogens (tertiary/aromatic N) is 5. The minimum atomic E-state index is -0.272. The molecule has 1 fully saturated rings. The van der Waals surface area contributed by atoms with E-state index >= 15 is 0 Å². The number of carbonyl (C=O) groups is 1. The van der Waals surface area contributed by atoms with Gasteiger partial charge < -0.3 is 20.4 Å². The molecule has 0 radical (unpaired) electrons. The van der Waals surface area contributed by atoms with Crippen LogP contribution in [0, 0.1) is 0 Å². The van der Waals surface area contributed by atoms with Crippen LogP contribution in [0.5, 0.6) is 0 Å². The fourth-order valence-corrected chi connectivity index (χ4v) is 4.38. The van der Waals surface area contributed by atoms with Gasteiger partial charge in [0.2, 0.25) is 0 Å². The van der Waals surface area contributed by atoms with Crippen LogP contribution in [0.25, 0.3) is 16.8 Å². The number of nitrogens with one attached hydrogen (secondary N) is 2. The summed E-state index contributed by atoms with van der Waals surface area (Å²) < 4.78 is 1.74.